The van der Waals surface area contributed by atoms with Crippen molar-refractivity contribution in [2.45, 2.75) is 13.3 Å². The molecule has 1 heterocycles. The number of hydrogen-bond acceptors (Lipinski definition) is 2. The number of benzene rings is 1. The summed E-state index contributed by atoms with van der Waals surface area (Å²) in [5.74, 6) is -1.98. The number of aromatic nitrogens is 1. The number of ketones is 1. The highest BCUT2D eigenvalue weighted by Gasteiger charge is 2.18. The van der Waals surface area contributed by atoms with E-state index >= 15 is 0 Å². The first-order valence-corrected chi connectivity index (χ1v) is 5.57. The molecule has 0 fully saturated rings. The van der Waals surface area contributed by atoms with Crippen LogP contribution in [0, 0.1) is 11.6 Å². The first-order chi connectivity index (χ1) is 8.63. The number of hydrogen-bond donors (Lipinski definition) is 0. The van der Waals surface area contributed by atoms with Crippen LogP contribution in [0.3, 0.4) is 0 Å². The summed E-state index contributed by atoms with van der Waals surface area (Å²) < 4.78 is 26.6. The van der Waals surface area contributed by atoms with E-state index < -0.39 is 17.4 Å². The minimum Gasteiger partial charge on any atom is -0.287 e. The molecule has 0 spiro atoms. The van der Waals surface area contributed by atoms with Gasteiger partial charge in [-0.05, 0) is 36.2 Å². The normalized spacial score (nSPS) is 10.4. The van der Waals surface area contributed by atoms with Gasteiger partial charge in [-0.15, -0.1) is 0 Å². The molecule has 1 aromatic heterocycles. The van der Waals surface area contributed by atoms with Gasteiger partial charge in [0.1, 0.15) is 17.3 Å². The number of carbonyl (C=O) groups excluding carboxylic acids is 1. The first kappa shape index (κ1) is 12.4. The second-order valence-electron chi connectivity index (χ2n) is 3.82. The van der Waals surface area contributed by atoms with E-state index in [0.29, 0.717) is 12.0 Å². The topological polar surface area (TPSA) is 30.0 Å². The molecular formula is C14H11F2NO. The van der Waals surface area contributed by atoms with Crippen LogP contribution < -0.4 is 0 Å². The van der Waals surface area contributed by atoms with Crippen molar-refractivity contribution in [2.75, 3.05) is 0 Å². The zero-order valence-electron chi connectivity index (χ0n) is 9.78. The lowest BCUT2D eigenvalue weighted by Crippen LogP contribution is -2.10. The lowest BCUT2D eigenvalue weighted by atomic mass is 10.0. The number of aryl methyl sites for hydroxylation is 1. The van der Waals surface area contributed by atoms with Crippen molar-refractivity contribution in [2.24, 2.45) is 0 Å². The van der Waals surface area contributed by atoms with Crippen molar-refractivity contribution in [3.63, 3.8) is 0 Å². The number of nitrogens with zero attached hydrogens (tertiary/aromatic N) is 1. The van der Waals surface area contributed by atoms with E-state index in [-0.39, 0.29) is 11.3 Å². The van der Waals surface area contributed by atoms with Gasteiger partial charge in [-0.2, -0.15) is 0 Å². The van der Waals surface area contributed by atoms with Gasteiger partial charge in [-0.25, -0.2) is 8.78 Å². The Morgan fingerprint density at radius 2 is 2.06 bits per heavy atom. The van der Waals surface area contributed by atoms with Crippen LogP contribution in [0.2, 0.25) is 0 Å². The molecule has 0 amide bonds. The van der Waals surface area contributed by atoms with Gasteiger partial charge < -0.3 is 0 Å². The zero-order valence-corrected chi connectivity index (χ0v) is 9.78. The number of halogens is 2. The molecule has 0 saturated carbocycles. The maximum atomic E-state index is 13.5. The molecule has 0 atom stereocenters. The fraction of sp³-hybridized carbons (Fsp3) is 0.143. The van der Waals surface area contributed by atoms with Crippen molar-refractivity contribution in [1.82, 2.24) is 4.98 Å². The number of rotatable bonds is 3. The van der Waals surface area contributed by atoms with Gasteiger partial charge in [0, 0.05) is 6.20 Å². The molecule has 4 heteroatoms. The van der Waals surface area contributed by atoms with Crippen molar-refractivity contribution < 1.29 is 13.6 Å². The minimum atomic E-state index is -0.742. The highest BCUT2D eigenvalue weighted by atomic mass is 19.1. The number of pyridine rings is 1. The first-order valence-electron chi connectivity index (χ1n) is 5.57. The Hall–Kier alpha value is -2.10. The summed E-state index contributed by atoms with van der Waals surface area (Å²) >= 11 is 0. The smallest absolute Gasteiger partial charge is 0.214 e. The van der Waals surface area contributed by atoms with Crippen molar-refractivity contribution in [1.29, 1.82) is 0 Å². The SMILES string of the molecule is CCc1cccnc1C(=O)c1cc(F)ccc1F. The summed E-state index contributed by atoms with van der Waals surface area (Å²) in [6.45, 7) is 1.87. The van der Waals surface area contributed by atoms with E-state index in [9.17, 15) is 13.6 Å². The van der Waals surface area contributed by atoms with Gasteiger partial charge in [0.15, 0.2) is 0 Å². The molecule has 18 heavy (non-hydrogen) atoms. The van der Waals surface area contributed by atoms with Gasteiger partial charge >= 0.3 is 0 Å². The van der Waals surface area contributed by atoms with Crippen LogP contribution in [0.15, 0.2) is 36.5 Å². The highest BCUT2D eigenvalue weighted by Crippen LogP contribution is 2.16. The molecule has 0 aliphatic heterocycles. The van der Waals surface area contributed by atoms with Gasteiger partial charge in [-0.3, -0.25) is 9.78 Å². The summed E-state index contributed by atoms with van der Waals surface area (Å²) in [4.78, 5) is 16.1. The van der Waals surface area contributed by atoms with Gasteiger partial charge in [0.25, 0.3) is 0 Å². The third-order valence-corrected chi connectivity index (χ3v) is 2.66. The summed E-state index contributed by atoms with van der Waals surface area (Å²) in [6, 6.07) is 6.27. The molecule has 0 unspecified atom stereocenters. The fourth-order valence-corrected chi connectivity index (χ4v) is 1.73. The molecule has 92 valence electrons. The van der Waals surface area contributed by atoms with E-state index in [2.05, 4.69) is 4.98 Å². The van der Waals surface area contributed by atoms with Crippen molar-refractivity contribution in [3.05, 3.63) is 65.0 Å². The van der Waals surface area contributed by atoms with Crippen LogP contribution in [-0.2, 0) is 6.42 Å². The highest BCUT2D eigenvalue weighted by molar-refractivity contribution is 6.08. The maximum Gasteiger partial charge on any atom is 0.214 e. The van der Waals surface area contributed by atoms with E-state index in [1.54, 1.807) is 12.1 Å². The molecule has 2 aromatic rings. The van der Waals surface area contributed by atoms with Crippen molar-refractivity contribution in [3.8, 4) is 0 Å². The van der Waals surface area contributed by atoms with E-state index in [1.165, 1.54) is 6.20 Å². The third kappa shape index (κ3) is 2.27. The molecule has 0 N–H and O–H groups in total. The van der Waals surface area contributed by atoms with Gasteiger partial charge in [0.05, 0.1) is 5.56 Å². The predicted molar refractivity (Wildman–Crippen MR) is 63.4 cm³/mol. The average molecular weight is 247 g/mol. The second kappa shape index (κ2) is 5.04. The summed E-state index contributed by atoms with van der Waals surface area (Å²) in [5, 5.41) is 0. The summed E-state index contributed by atoms with van der Waals surface area (Å²) in [7, 11) is 0. The van der Waals surface area contributed by atoms with Crippen LogP contribution in [0.1, 0.15) is 28.5 Å². The Morgan fingerprint density at radius 3 is 2.78 bits per heavy atom. The zero-order chi connectivity index (χ0) is 13.1. The van der Waals surface area contributed by atoms with Crippen LogP contribution in [0.25, 0.3) is 0 Å². The summed E-state index contributed by atoms with van der Waals surface area (Å²) in [6.07, 6.45) is 2.06. The molecule has 0 aliphatic rings. The average Bonchev–Trinajstić information content (AvgIpc) is 2.40. The molecular weight excluding hydrogens is 236 g/mol. The van der Waals surface area contributed by atoms with Gasteiger partial charge in [-0.1, -0.05) is 13.0 Å². The van der Waals surface area contributed by atoms with Crippen LogP contribution in [0.4, 0.5) is 8.78 Å². The van der Waals surface area contributed by atoms with Crippen molar-refractivity contribution >= 4 is 5.78 Å². The standard InChI is InChI=1S/C14H11F2NO/c1-2-9-4-3-7-17-13(9)14(18)11-8-10(15)5-6-12(11)16/h3-8H,2H2,1H3. The minimum absolute atomic E-state index is 0.171. The molecule has 0 bridgehead atoms. The predicted octanol–water partition coefficient (Wildman–Crippen LogP) is 3.15. The fourth-order valence-electron chi connectivity index (χ4n) is 1.73. The second-order valence-corrected chi connectivity index (χ2v) is 3.82. The molecule has 2 rings (SSSR count). The monoisotopic (exact) mass is 247 g/mol. The third-order valence-electron chi connectivity index (χ3n) is 2.66. The van der Waals surface area contributed by atoms with Crippen LogP contribution >= 0.6 is 0 Å². The Bertz CT molecular complexity index is 596. The molecule has 1 aromatic carbocycles. The maximum absolute atomic E-state index is 13.5. The Labute approximate surface area is 103 Å². The lowest BCUT2D eigenvalue weighted by molar-refractivity contribution is 0.102. The Morgan fingerprint density at radius 1 is 1.28 bits per heavy atom. The molecule has 0 saturated heterocycles. The van der Waals surface area contributed by atoms with Crippen LogP contribution in [0.5, 0.6) is 0 Å². The largest absolute Gasteiger partial charge is 0.287 e. The Kier molecular flexibility index (Phi) is 3.46. The number of carbonyl (C=O) groups is 1. The molecule has 2 nitrogen and oxygen atoms in total. The van der Waals surface area contributed by atoms with Gasteiger partial charge in [0.2, 0.25) is 5.78 Å². The van der Waals surface area contributed by atoms with E-state index in [4.69, 9.17) is 0 Å². The van der Waals surface area contributed by atoms with E-state index in [1.807, 2.05) is 6.92 Å². The molecule has 0 aliphatic carbocycles. The molecule has 0 radical (unpaired) electrons. The Balaban J connectivity index is 2.51. The van der Waals surface area contributed by atoms with E-state index in [0.717, 1.165) is 18.2 Å². The quantitative estimate of drug-likeness (QED) is 0.780. The lowest BCUT2D eigenvalue weighted by Gasteiger charge is -2.06. The summed E-state index contributed by atoms with van der Waals surface area (Å²) in [5.41, 5.74) is 0.596. The van der Waals surface area contributed by atoms with Crippen LogP contribution in [-0.4, -0.2) is 10.8 Å².